The number of carbonyl (C=O) groups is 1. The minimum absolute atomic E-state index is 0.0993. The maximum Gasteiger partial charge on any atom is 0.314 e. The fourth-order valence-electron chi connectivity index (χ4n) is 0.681. The van der Waals surface area contributed by atoms with Gasteiger partial charge < -0.3 is 16.4 Å². The molecular weight excluding hydrogens is 154 g/mol. The van der Waals surface area contributed by atoms with Gasteiger partial charge in [-0.15, -0.1) is 0 Å². The normalized spacial score (nSPS) is 12.2. The SMILES string of the molecule is CCC(C)NC(=O)NCCCN. The Kier molecular flexibility index (Phi) is 6.47. The van der Waals surface area contributed by atoms with Crippen molar-refractivity contribution in [1.82, 2.24) is 10.6 Å². The van der Waals surface area contributed by atoms with Crippen molar-refractivity contribution < 1.29 is 4.79 Å². The van der Waals surface area contributed by atoms with Crippen molar-refractivity contribution in [2.45, 2.75) is 32.7 Å². The molecule has 2 amide bonds. The van der Waals surface area contributed by atoms with Crippen LogP contribution >= 0.6 is 0 Å². The Morgan fingerprint density at radius 2 is 2.25 bits per heavy atom. The van der Waals surface area contributed by atoms with E-state index in [4.69, 9.17) is 5.73 Å². The molecule has 0 fully saturated rings. The first-order valence-corrected chi connectivity index (χ1v) is 4.45. The summed E-state index contributed by atoms with van der Waals surface area (Å²) in [4.78, 5) is 11.0. The van der Waals surface area contributed by atoms with E-state index in [-0.39, 0.29) is 12.1 Å². The first-order chi connectivity index (χ1) is 5.70. The summed E-state index contributed by atoms with van der Waals surface area (Å²) in [6.07, 6.45) is 1.78. The average molecular weight is 173 g/mol. The molecule has 0 aromatic carbocycles. The topological polar surface area (TPSA) is 67.2 Å². The molecule has 0 radical (unpaired) electrons. The van der Waals surface area contributed by atoms with Gasteiger partial charge in [0, 0.05) is 12.6 Å². The van der Waals surface area contributed by atoms with Crippen LogP contribution < -0.4 is 16.4 Å². The number of hydrogen-bond donors (Lipinski definition) is 3. The van der Waals surface area contributed by atoms with Gasteiger partial charge >= 0.3 is 6.03 Å². The molecule has 0 rings (SSSR count). The number of nitrogens with one attached hydrogen (secondary N) is 2. The van der Waals surface area contributed by atoms with E-state index in [1.807, 2.05) is 13.8 Å². The van der Waals surface area contributed by atoms with Gasteiger partial charge in [-0.2, -0.15) is 0 Å². The van der Waals surface area contributed by atoms with Crippen molar-refractivity contribution >= 4 is 6.03 Å². The zero-order valence-electron chi connectivity index (χ0n) is 7.89. The molecule has 0 aliphatic carbocycles. The Labute approximate surface area is 73.9 Å². The minimum atomic E-state index is -0.0993. The molecule has 0 saturated heterocycles. The summed E-state index contributed by atoms with van der Waals surface area (Å²) in [6, 6.07) is 0.140. The molecule has 4 N–H and O–H groups in total. The summed E-state index contributed by atoms with van der Waals surface area (Å²) in [5.74, 6) is 0. The standard InChI is InChI=1S/C8H19N3O/c1-3-7(2)11-8(12)10-6-4-5-9/h7H,3-6,9H2,1-2H3,(H2,10,11,12). The third-order valence-corrected chi connectivity index (χ3v) is 1.66. The number of urea groups is 1. The molecule has 12 heavy (non-hydrogen) atoms. The quantitative estimate of drug-likeness (QED) is 0.528. The molecule has 0 aromatic heterocycles. The maximum atomic E-state index is 11.0. The van der Waals surface area contributed by atoms with Crippen molar-refractivity contribution in [3.05, 3.63) is 0 Å². The second-order valence-corrected chi connectivity index (χ2v) is 2.85. The van der Waals surface area contributed by atoms with E-state index in [2.05, 4.69) is 10.6 Å². The summed E-state index contributed by atoms with van der Waals surface area (Å²) < 4.78 is 0. The van der Waals surface area contributed by atoms with Crippen LogP contribution in [-0.4, -0.2) is 25.2 Å². The van der Waals surface area contributed by atoms with Crippen LogP contribution in [0.3, 0.4) is 0 Å². The number of carbonyl (C=O) groups excluding carboxylic acids is 1. The van der Waals surface area contributed by atoms with Gasteiger partial charge in [0.2, 0.25) is 0 Å². The fraction of sp³-hybridized carbons (Fsp3) is 0.875. The Hall–Kier alpha value is -0.770. The van der Waals surface area contributed by atoms with Crippen LogP contribution in [0.25, 0.3) is 0 Å². The van der Waals surface area contributed by atoms with E-state index in [0.29, 0.717) is 13.1 Å². The van der Waals surface area contributed by atoms with Gasteiger partial charge in [-0.25, -0.2) is 4.79 Å². The van der Waals surface area contributed by atoms with Crippen LogP contribution in [0.4, 0.5) is 4.79 Å². The second kappa shape index (κ2) is 6.91. The van der Waals surface area contributed by atoms with Gasteiger partial charge in [-0.05, 0) is 26.3 Å². The van der Waals surface area contributed by atoms with Gasteiger partial charge in [0.05, 0.1) is 0 Å². The number of rotatable bonds is 5. The van der Waals surface area contributed by atoms with Gasteiger partial charge in [0.25, 0.3) is 0 Å². The molecule has 0 spiro atoms. The molecule has 0 saturated carbocycles. The van der Waals surface area contributed by atoms with E-state index in [1.54, 1.807) is 0 Å². The van der Waals surface area contributed by atoms with Crippen molar-refractivity contribution in [3.63, 3.8) is 0 Å². The molecule has 0 bridgehead atoms. The zero-order valence-corrected chi connectivity index (χ0v) is 7.89. The maximum absolute atomic E-state index is 11.0. The molecule has 4 heteroatoms. The Morgan fingerprint density at radius 3 is 2.75 bits per heavy atom. The summed E-state index contributed by atoms with van der Waals surface area (Å²) in [7, 11) is 0. The minimum Gasteiger partial charge on any atom is -0.338 e. The van der Waals surface area contributed by atoms with E-state index in [9.17, 15) is 4.79 Å². The highest BCUT2D eigenvalue weighted by molar-refractivity contribution is 5.74. The van der Waals surface area contributed by atoms with E-state index < -0.39 is 0 Å². The largest absolute Gasteiger partial charge is 0.338 e. The Bertz CT molecular complexity index is 127. The summed E-state index contributed by atoms with van der Waals surface area (Å²) in [6.45, 7) is 5.27. The van der Waals surface area contributed by atoms with E-state index in [1.165, 1.54) is 0 Å². The summed E-state index contributed by atoms with van der Waals surface area (Å²) in [5.41, 5.74) is 5.27. The zero-order chi connectivity index (χ0) is 9.40. The average Bonchev–Trinajstić information content (AvgIpc) is 2.05. The Morgan fingerprint density at radius 1 is 1.58 bits per heavy atom. The lowest BCUT2D eigenvalue weighted by Gasteiger charge is -2.11. The van der Waals surface area contributed by atoms with Crippen LogP contribution in [0, 0.1) is 0 Å². The molecule has 72 valence electrons. The lowest BCUT2D eigenvalue weighted by molar-refractivity contribution is 0.237. The van der Waals surface area contributed by atoms with Crippen LogP contribution in [-0.2, 0) is 0 Å². The molecule has 1 unspecified atom stereocenters. The molecule has 0 aliphatic heterocycles. The molecule has 0 aromatic rings. The van der Waals surface area contributed by atoms with Gasteiger partial charge in [0.1, 0.15) is 0 Å². The predicted octanol–water partition coefficient (Wildman–Crippen LogP) is 0.433. The first kappa shape index (κ1) is 11.2. The van der Waals surface area contributed by atoms with Crippen molar-refractivity contribution in [1.29, 1.82) is 0 Å². The molecular formula is C8H19N3O. The highest BCUT2D eigenvalue weighted by atomic mass is 16.2. The lowest BCUT2D eigenvalue weighted by atomic mass is 10.3. The Balaban J connectivity index is 3.33. The third kappa shape index (κ3) is 5.97. The third-order valence-electron chi connectivity index (χ3n) is 1.66. The van der Waals surface area contributed by atoms with Crippen molar-refractivity contribution in [3.8, 4) is 0 Å². The van der Waals surface area contributed by atoms with Gasteiger partial charge in [0.15, 0.2) is 0 Å². The van der Waals surface area contributed by atoms with Crippen LogP contribution in [0.2, 0.25) is 0 Å². The van der Waals surface area contributed by atoms with E-state index in [0.717, 1.165) is 12.8 Å². The monoisotopic (exact) mass is 173 g/mol. The van der Waals surface area contributed by atoms with Crippen LogP contribution in [0.15, 0.2) is 0 Å². The highest BCUT2D eigenvalue weighted by Gasteiger charge is 2.02. The highest BCUT2D eigenvalue weighted by Crippen LogP contribution is 1.86. The first-order valence-electron chi connectivity index (χ1n) is 4.45. The summed E-state index contributed by atoms with van der Waals surface area (Å²) >= 11 is 0. The molecule has 4 nitrogen and oxygen atoms in total. The summed E-state index contributed by atoms with van der Waals surface area (Å²) in [5, 5.41) is 5.52. The van der Waals surface area contributed by atoms with Gasteiger partial charge in [-0.1, -0.05) is 6.92 Å². The number of amides is 2. The second-order valence-electron chi connectivity index (χ2n) is 2.85. The lowest BCUT2D eigenvalue weighted by Crippen LogP contribution is -2.41. The van der Waals surface area contributed by atoms with Gasteiger partial charge in [-0.3, -0.25) is 0 Å². The molecule has 1 atom stereocenters. The van der Waals surface area contributed by atoms with Crippen molar-refractivity contribution in [2.75, 3.05) is 13.1 Å². The van der Waals surface area contributed by atoms with E-state index >= 15 is 0 Å². The number of nitrogens with two attached hydrogens (primary N) is 1. The smallest absolute Gasteiger partial charge is 0.314 e. The van der Waals surface area contributed by atoms with Crippen molar-refractivity contribution in [2.24, 2.45) is 5.73 Å². The number of hydrogen-bond acceptors (Lipinski definition) is 2. The van der Waals surface area contributed by atoms with Crippen LogP contribution in [0.1, 0.15) is 26.7 Å². The fourth-order valence-corrected chi connectivity index (χ4v) is 0.681. The predicted molar refractivity (Wildman–Crippen MR) is 50.0 cm³/mol. The van der Waals surface area contributed by atoms with Crippen LogP contribution in [0.5, 0.6) is 0 Å². The molecule has 0 aliphatic rings. The molecule has 0 heterocycles.